The first kappa shape index (κ1) is 14.2. The maximum atomic E-state index is 6.26. The van der Waals surface area contributed by atoms with Crippen LogP contribution in [0.1, 0.15) is 64.6 Å². The molecule has 0 fully saturated rings. The van der Waals surface area contributed by atoms with Crippen molar-refractivity contribution in [3.05, 3.63) is 11.6 Å². The number of aromatic nitrogens is 3. The molecule has 0 aromatic carbocycles. The molecule has 0 saturated carbocycles. The van der Waals surface area contributed by atoms with Crippen LogP contribution in [0.25, 0.3) is 0 Å². The Morgan fingerprint density at radius 1 is 1.18 bits per heavy atom. The van der Waals surface area contributed by atoms with Gasteiger partial charge in [0.05, 0.1) is 6.04 Å². The molecular weight excluding hydrogens is 212 g/mol. The van der Waals surface area contributed by atoms with Crippen molar-refractivity contribution in [3.8, 4) is 0 Å². The van der Waals surface area contributed by atoms with E-state index in [1.807, 2.05) is 0 Å². The topological polar surface area (TPSA) is 56.7 Å². The fourth-order valence-corrected chi connectivity index (χ4v) is 2.24. The van der Waals surface area contributed by atoms with Gasteiger partial charge in [0.2, 0.25) is 0 Å². The summed E-state index contributed by atoms with van der Waals surface area (Å²) in [5, 5.41) is 4.60. The molecule has 0 radical (unpaired) electrons. The van der Waals surface area contributed by atoms with Crippen molar-refractivity contribution in [1.29, 1.82) is 0 Å². The van der Waals surface area contributed by atoms with Crippen LogP contribution >= 0.6 is 0 Å². The van der Waals surface area contributed by atoms with E-state index in [0.29, 0.717) is 0 Å². The van der Waals surface area contributed by atoms with Gasteiger partial charge in [-0.2, -0.15) is 5.10 Å². The largest absolute Gasteiger partial charge is 0.326 e. The molecule has 1 heterocycles. The van der Waals surface area contributed by atoms with E-state index >= 15 is 0 Å². The molecule has 1 aromatic rings. The van der Waals surface area contributed by atoms with E-state index in [1.165, 1.54) is 0 Å². The zero-order valence-electron chi connectivity index (χ0n) is 11.6. The molecule has 0 saturated heterocycles. The van der Waals surface area contributed by atoms with Gasteiger partial charge in [-0.05, 0) is 12.8 Å². The maximum absolute atomic E-state index is 6.26. The first-order valence-corrected chi connectivity index (χ1v) is 6.87. The number of hydrogen-bond donors (Lipinski definition) is 1. The Morgan fingerprint density at radius 2 is 1.88 bits per heavy atom. The summed E-state index contributed by atoms with van der Waals surface area (Å²) < 4.78 is 2.07. The van der Waals surface area contributed by atoms with Crippen molar-refractivity contribution in [2.45, 2.75) is 71.9 Å². The second-order valence-electron chi connectivity index (χ2n) is 4.52. The fraction of sp³-hybridized carbons (Fsp3) is 0.846. The number of nitrogens with zero attached hydrogens (tertiary/aromatic N) is 3. The first-order chi connectivity index (χ1) is 8.17. The zero-order chi connectivity index (χ0) is 12.8. The SMILES string of the molecule is CCCC(N)C(CC)n1nc(CC)nc1CC. The lowest BCUT2D eigenvalue weighted by Crippen LogP contribution is -2.33. The van der Waals surface area contributed by atoms with E-state index in [0.717, 1.165) is 43.8 Å². The lowest BCUT2D eigenvalue weighted by atomic mass is 10.0. The summed E-state index contributed by atoms with van der Waals surface area (Å²) in [6, 6.07) is 0.472. The van der Waals surface area contributed by atoms with Crippen LogP contribution in [0.2, 0.25) is 0 Å². The Labute approximate surface area is 105 Å². The van der Waals surface area contributed by atoms with Crippen LogP contribution in [-0.4, -0.2) is 20.8 Å². The normalized spacial score (nSPS) is 14.9. The van der Waals surface area contributed by atoms with E-state index in [1.54, 1.807) is 0 Å². The molecule has 4 nitrogen and oxygen atoms in total. The van der Waals surface area contributed by atoms with Crippen molar-refractivity contribution < 1.29 is 0 Å². The van der Waals surface area contributed by atoms with Gasteiger partial charge in [-0.1, -0.05) is 34.1 Å². The van der Waals surface area contributed by atoms with Gasteiger partial charge in [0.1, 0.15) is 5.82 Å². The molecule has 0 aliphatic heterocycles. The van der Waals surface area contributed by atoms with Crippen LogP contribution in [0.3, 0.4) is 0 Å². The van der Waals surface area contributed by atoms with E-state index in [4.69, 9.17) is 5.73 Å². The summed E-state index contributed by atoms with van der Waals surface area (Å²) in [4.78, 5) is 4.55. The van der Waals surface area contributed by atoms with Crippen LogP contribution in [0.15, 0.2) is 0 Å². The average Bonchev–Trinajstić information content (AvgIpc) is 2.73. The van der Waals surface area contributed by atoms with Gasteiger partial charge in [0.15, 0.2) is 5.82 Å². The summed E-state index contributed by atoms with van der Waals surface area (Å²) in [6.07, 6.45) is 4.99. The van der Waals surface area contributed by atoms with E-state index in [-0.39, 0.29) is 12.1 Å². The molecule has 2 N–H and O–H groups in total. The van der Waals surface area contributed by atoms with Crippen molar-refractivity contribution in [1.82, 2.24) is 14.8 Å². The van der Waals surface area contributed by atoms with Crippen LogP contribution in [0.5, 0.6) is 0 Å². The smallest absolute Gasteiger partial charge is 0.150 e. The fourth-order valence-electron chi connectivity index (χ4n) is 2.24. The zero-order valence-corrected chi connectivity index (χ0v) is 11.6. The van der Waals surface area contributed by atoms with E-state index in [9.17, 15) is 0 Å². The lowest BCUT2D eigenvalue weighted by molar-refractivity contribution is 0.340. The molecule has 0 bridgehead atoms. The monoisotopic (exact) mass is 238 g/mol. The van der Waals surface area contributed by atoms with Crippen molar-refractivity contribution in [2.24, 2.45) is 5.73 Å². The average molecular weight is 238 g/mol. The Balaban J connectivity index is 2.97. The highest BCUT2D eigenvalue weighted by Crippen LogP contribution is 2.19. The van der Waals surface area contributed by atoms with Crippen LogP contribution in [-0.2, 0) is 12.8 Å². The lowest BCUT2D eigenvalue weighted by Gasteiger charge is -2.23. The quantitative estimate of drug-likeness (QED) is 0.794. The summed E-state index contributed by atoms with van der Waals surface area (Å²) in [6.45, 7) is 8.56. The number of rotatable bonds is 7. The van der Waals surface area contributed by atoms with E-state index in [2.05, 4.69) is 42.5 Å². The number of hydrogen-bond acceptors (Lipinski definition) is 3. The van der Waals surface area contributed by atoms with Gasteiger partial charge >= 0.3 is 0 Å². The van der Waals surface area contributed by atoms with Gasteiger partial charge in [-0.15, -0.1) is 0 Å². The second kappa shape index (κ2) is 6.74. The molecule has 17 heavy (non-hydrogen) atoms. The van der Waals surface area contributed by atoms with Gasteiger partial charge in [-0.3, -0.25) is 0 Å². The third-order valence-electron chi connectivity index (χ3n) is 3.23. The maximum Gasteiger partial charge on any atom is 0.150 e. The Morgan fingerprint density at radius 3 is 2.35 bits per heavy atom. The van der Waals surface area contributed by atoms with Gasteiger partial charge < -0.3 is 5.73 Å². The Kier molecular flexibility index (Phi) is 5.62. The second-order valence-corrected chi connectivity index (χ2v) is 4.52. The summed E-state index contributed by atoms with van der Waals surface area (Å²) >= 11 is 0. The minimum Gasteiger partial charge on any atom is -0.326 e. The van der Waals surface area contributed by atoms with Gasteiger partial charge in [0, 0.05) is 18.9 Å². The Bertz CT molecular complexity index is 332. The highest BCUT2D eigenvalue weighted by atomic mass is 15.4. The summed E-state index contributed by atoms with van der Waals surface area (Å²) in [5.74, 6) is 2.00. The van der Waals surface area contributed by atoms with E-state index < -0.39 is 0 Å². The molecule has 2 unspecified atom stereocenters. The summed E-state index contributed by atoms with van der Waals surface area (Å²) in [5.41, 5.74) is 6.26. The molecule has 2 atom stereocenters. The standard InChI is InChI=1S/C13H26N4/c1-5-9-10(14)11(6-2)17-13(8-4)15-12(7-3)16-17/h10-11H,5-9,14H2,1-4H3. The molecule has 1 aromatic heterocycles. The first-order valence-electron chi connectivity index (χ1n) is 6.87. The highest BCUT2D eigenvalue weighted by Gasteiger charge is 2.21. The van der Waals surface area contributed by atoms with Crippen LogP contribution < -0.4 is 5.73 Å². The predicted octanol–water partition coefficient (Wildman–Crippen LogP) is 2.48. The molecular formula is C13H26N4. The number of aryl methyl sites for hydroxylation is 2. The van der Waals surface area contributed by atoms with Crippen molar-refractivity contribution >= 4 is 0 Å². The Hall–Kier alpha value is -0.900. The minimum atomic E-state index is 0.182. The summed E-state index contributed by atoms with van der Waals surface area (Å²) in [7, 11) is 0. The molecule has 0 spiro atoms. The molecule has 1 rings (SSSR count). The van der Waals surface area contributed by atoms with Crippen molar-refractivity contribution in [3.63, 3.8) is 0 Å². The minimum absolute atomic E-state index is 0.182. The molecule has 98 valence electrons. The third-order valence-corrected chi connectivity index (χ3v) is 3.23. The molecule has 0 aliphatic carbocycles. The third kappa shape index (κ3) is 3.28. The molecule has 0 amide bonds. The van der Waals surface area contributed by atoms with Gasteiger partial charge in [0.25, 0.3) is 0 Å². The number of nitrogens with two attached hydrogens (primary N) is 1. The van der Waals surface area contributed by atoms with Crippen molar-refractivity contribution in [2.75, 3.05) is 0 Å². The van der Waals surface area contributed by atoms with Crippen LogP contribution in [0, 0.1) is 0 Å². The molecule has 4 heteroatoms. The predicted molar refractivity (Wildman–Crippen MR) is 71.0 cm³/mol. The van der Waals surface area contributed by atoms with Crippen LogP contribution in [0.4, 0.5) is 0 Å². The highest BCUT2D eigenvalue weighted by molar-refractivity contribution is 4.96. The molecule has 0 aliphatic rings. The van der Waals surface area contributed by atoms with Gasteiger partial charge in [-0.25, -0.2) is 9.67 Å².